The zero-order valence-electron chi connectivity index (χ0n) is 14.5. The monoisotopic (exact) mass is 430 g/mol. The zero-order valence-corrected chi connectivity index (χ0v) is 16.8. The summed E-state index contributed by atoms with van der Waals surface area (Å²) in [6.07, 6.45) is -0.370. The lowest BCUT2D eigenvalue weighted by Crippen LogP contribution is -2.41. The van der Waals surface area contributed by atoms with E-state index in [1.54, 1.807) is 12.0 Å². The summed E-state index contributed by atoms with van der Waals surface area (Å²) in [5.74, 6) is 0.376. The smallest absolute Gasteiger partial charge is 0.410 e. The highest BCUT2D eigenvalue weighted by atomic mass is 127. The van der Waals surface area contributed by atoms with E-state index in [0.717, 1.165) is 0 Å². The molecule has 0 fully saturated rings. The third-order valence-corrected chi connectivity index (χ3v) is 2.31. The second-order valence-electron chi connectivity index (χ2n) is 6.03. The lowest BCUT2D eigenvalue weighted by atomic mass is 10.2. The number of guanidine groups is 1. The fourth-order valence-corrected chi connectivity index (χ4v) is 1.45. The lowest BCUT2D eigenvalue weighted by Gasteiger charge is -2.26. The van der Waals surface area contributed by atoms with Crippen LogP contribution in [-0.2, 0) is 9.47 Å². The molecule has 0 radical (unpaired) electrons. The molecule has 0 aromatic carbocycles. The summed E-state index contributed by atoms with van der Waals surface area (Å²) >= 11 is 0. The first-order valence-electron chi connectivity index (χ1n) is 7.19. The van der Waals surface area contributed by atoms with Gasteiger partial charge in [0.25, 0.3) is 0 Å². The van der Waals surface area contributed by atoms with Crippen LogP contribution in [0.5, 0.6) is 0 Å². The van der Waals surface area contributed by atoms with E-state index in [1.165, 1.54) is 0 Å². The van der Waals surface area contributed by atoms with E-state index in [9.17, 15) is 4.79 Å². The topological polar surface area (TPSA) is 89.2 Å². The number of nitrogens with two attached hydrogens (primary N) is 1. The normalized spacial score (nSPS) is 11.9. The molecule has 0 aliphatic heterocycles. The van der Waals surface area contributed by atoms with Crippen LogP contribution in [0.3, 0.4) is 0 Å². The number of hydrogen-bond donors (Lipinski definition) is 2. The van der Waals surface area contributed by atoms with Gasteiger partial charge in [-0.15, -0.1) is 24.0 Å². The molecule has 0 bridgehead atoms. The number of hydrogen-bond acceptors (Lipinski definition) is 4. The predicted molar refractivity (Wildman–Crippen MR) is 99.9 cm³/mol. The van der Waals surface area contributed by atoms with Gasteiger partial charge < -0.3 is 25.4 Å². The maximum absolute atomic E-state index is 12.1. The van der Waals surface area contributed by atoms with E-state index in [1.807, 2.05) is 34.6 Å². The maximum Gasteiger partial charge on any atom is 0.410 e. The molecule has 22 heavy (non-hydrogen) atoms. The van der Waals surface area contributed by atoms with Crippen molar-refractivity contribution in [2.24, 2.45) is 10.7 Å². The second kappa shape index (κ2) is 11.8. The third kappa shape index (κ3) is 12.9. The predicted octanol–water partition coefficient (Wildman–Crippen LogP) is 1.80. The number of amides is 1. The summed E-state index contributed by atoms with van der Waals surface area (Å²) in [6.45, 7) is 11.2. The van der Waals surface area contributed by atoms with Crippen molar-refractivity contribution >= 4 is 36.0 Å². The number of ether oxygens (including phenoxy) is 2. The average Bonchev–Trinajstić information content (AvgIpc) is 2.30. The van der Waals surface area contributed by atoms with Gasteiger partial charge in [-0.05, 0) is 34.6 Å². The Balaban J connectivity index is 0. The molecule has 0 spiro atoms. The van der Waals surface area contributed by atoms with Gasteiger partial charge in [0, 0.05) is 26.2 Å². The first-order valence-corrected chi connectivity index (χ1v) is 7.19. The summed E-state index contributed by atoms with van der Waals surface area (Å²) in [5.41, 5.74) is 5.19. The van der Waals surface area contributed by atoms with E-state index in [-0.39, 0.29) is 36.1 Å². The van der Waals surface area contributed by atoms with Crippen LogP contribution in [0.1, 0.15) is 34.6 Å². The first-order chi connectivity index (χ1) is 9.65. The number of aliphatic imine (C=N–C) groups is 1. The molecule has 0 saturated heterocycles. The van der Waals surface area contributed by atoms with Crippen LogP contribution in [-0.4, -0.2) is 61.9 Å². The quantitative estimate of drug-likeness (QED) is 0.365. The van der Waals surface area contributed by atoms with Gasteiger partial charge in [0.1, 0.15) is 5.60 Å². The molecule has 8 heteroatoms. The second-order valence-corrected chi connectivity index (χ2v) is 6.03. The van der Waals surface area contributed by atoms with Gasteiger partial charge in [-0.1, -0.05) is 0 Å². The highest BCUT2D eigenvalue weighted by Gasteiger charge is 2.21. The van der Waals surface area contributed by atoms with E-state index < -0.39 is 5.60 Å². The number of nitrogens with zero attached hydrogens (tertiary/aromatic N) is 2. The number of rotatable bonds is 7. The summed E-state index contributed by atoms with van der Waals surface area (Å²) in [5, 5.41) is 3.00. The van der Waals surface area contributed by atoms with Crippen molar-refractivity contribution in [3.8, 4) is 0 Å². The van der Waals surface area contributed by atoms with Gasteiger partial charge in [-0.2, -0.15) is 0 Å². The van der Waals surface area contributed by atoms with Gasteiger partial charge in [0.2, 0.25) is 0 Å². The number of halogens is 1. The van der Waals surface area contributed by atoms with Crippen molar-refractivity contribution in [1.82, 2.24) is 10.2 Å². The Kier molecular flexibility index (Phi) is 12.6. The Morgan fingerprint density at radius 1 is 1.32 bits per heavy atom. The largest absolute Gasteiger partial charge is 0.444 e. The number of carbonyl (C=O) groups is 1. The van der Waals surface area contributed by atoms with Gasteiger partial charge in [0.05, 0.1) is 13.2 Å². The first kappa shape index (κ1) is 23.5. The molecular weight excluding hydrogens is 399 g/mol. The van der Waals surface area contributed by atoms with Gasteiger partial charge in [-0.25, -0.2) is 4.79 Å². The molecule has 0 saturated carbocycles. The minimum absolute atomic E-state index is 0. The Labute approximate surface area is 151 Å². The summed E-state index contributed by atoms with van der Waals surface area (Å²) < 4.78 is 10.4. The fraction of sp³-hybridized carbons (Fsp3) is 0.857. The summed E-state index contributed by atoms with van der Waals surface area (Å²) in [7, 11) is 1.59. The van der Waals surface area contributed by atoms with E-state index in [2.05, 4.69) is 10.3 Å². The molecule has 3 N–H and O–H groups in total. The van der Waals surface area contributed by atoms with Crippen molar-refractivity contribution in [2.75, 3.05) is 33.4 Å². The molecule has 0 heterocycles. The maximum atomic E-state index is 12.1. The van der Waals surface area contributed by atoms with Crippen molar-refractivity contribution < 1.29 is 14.3 Å². The van der Waals surface area contributed by atoms with Crippen molar-refractivity contribution in [3.63, 3.8) is 0 Å². The number of nitrogens with one attached hydrogen (secondary N) is 1. The molecule has 0 aromatic rings. The van der Waals surface area contributed by atoms with Crippen molar-refractivity contribution in [2.45, 2.75) is 46.3 Å². The minimum atomic E-state index is -0.524. The van der Waals surface area contributed by atoms with E-state index in [4.69, 9.17) is 15.2 Å². The SMILES string of the molecule is COCCN(CCN=C(N)NC(C)C)C(=O)OC(C)(C)C.I. The molecule has 1 amide bonds. The lowest BCUT2D eigenvalue weighted by molar-refractivity contribution is 0.0208. The number of carbonyl (C=O) groups excluding carboxylic acids is 1. The van der Waals surface area contributed by atoms with E-state index >= 15 is 0 Å². The molecule has 0 rings (SSSR count). The van der Waals surface area contributed by atoms with Gasteiger partial charge >= 0.3 is 6.09 Å². The molecule has 0 unspecified atom stereocenters. The Morgan fingerprint density at radius 3 is 2.36 bits per heavy atom. The molecule has 0 atom stereocenters. The molecular formula is C14H31IN4O3. The highest BCUT2D eigenvalue weighted by Crippen LogP contribution is 2.09. The Hall–Kier alpha value is -0.770. The van der Waals surface area contributed by atoms with Crippen molar-refractivity contribution in [1.29, 1.82) is 0 Å². The Morgan fingerprint density at radius 2 is 1.91 bits per heavy atom. The van der Waals surface area contributed by atoms with E-state index in [0.29, 0.717) is 32.2 Å². The Bertz CT molecular complexity index is 343. The van der Waals surface area contributed by atoms with Crippen LogP contribution in [0.2, 0.25) is 0 Å². The standard InChI is InChI=1S/C14H30N4O3.HI/c1-11(2)17-12(15)16-7-8-18(9-10-20-6)13(19)21-14(3,4)5;/h11H,7-10H2,1-6H3,(H3,15,16,17);1H. The van der Waals surface area contributed by atoms with Crippen LogP contribution in [0.25, 0.3) is 0 Å². The average molecular weight is 430 g/mol. The van der Waals surface area contributed by atoms with Gasteiger partial charge in [-0.3, -0.25) is 4.99 Å². The highest BCUT2D eigenvalue weighted by molar-refractivity contribution is 14.0. The molecule has 0 aliphatic rings. The van der Waals surface area contributed by atoms with Crippen LogP contribution < -0.4 is 11.1 Å². The third-order valence-electron chi connectivity index (χ3n) is 2.31. The van der Waals surface area contributed by atoms with Crippen LogP contribution in [0.15, 0.2) is 4.99 Å². The molecule has 132 valence electrons. The zero-order chi connectivity index (χ0) is 16.5. The summed E-state index contributed by atoms with van der Waals surface area (Å²) in [4.78, 5) is 17.8. The van der Waals surface area contributed by atoms with Crippen LogP contribution in [0, 0.1) is 0 Å². The summed E-state index contributed by atoms with van der Waals surface area (Å²) in [6, 6.07) is 0.226. The van der Waals surface area contributed by atoms with Crippen LogP contribution in [0.4, 0.5) is 4.79 Å². The minimum Gasteiger partial charge on any atom is -0.444 e. The van der Waals surface area contributed by atoms with Gasteiger partial charge in [0.15, 0.2) is 5.96 Å². The molecule has 7 nitrogen and oxygen atoms in total. The molecule has 0 aliphatic carbocycles. The van der Waals surface area contributed by atoms with Crippen molar-refractivity contribution in [3.05, 3.63) is 0 Å². The fourth-order valence-electron chi connectivity index (χ4n) is 1.45. The molecule has 0 aromatic heterocycles. The van der Waals surface area contributed by atoms with Crippen LogP contribution >= 0.6 is 24.0 Å². The number of methoxy groups -OCH3 is 1.